The first-order valence-corrected chi connectivity index (χ1v) is 9.82. The topological polar surface area (TPSA) is 126 Å². The first-order chi connectivity index (χ1) is 14.4. The Labute approximate surface area is 173 Å². The Morgan fingerprint density at radius 2 is 1.97 bits per heavy atom. The number of hydrogen-bond acceptors (Lipinski definition) is 7. The SMILES string of the molecule is COC(=O)CCCOc1cc2c(cc1OC)C(=O)N1CCCC[C@H]1[C@H](O)N2C(=O)O. The van der Waals surface area contributed by atoms with Crippen LogP contribution in [0.1, 0.15) is 42.5 Å². The molecule has 164 valence electrons. The molecule has 0 unspecified atom stereocenters. The van der Waals surface area contributed by atoms with Gasteiger partial charge in [-0.1, -0.05) is 0 Å². The van der Waals surface area contributed by atoms with E-state index >= 15 is 0 Å². The lowest BCUT2D eigenvalue weighted by molar-refractivity contribution is -0.140. The minimum Gasteiger partial charge on any atom is -0.493 e. The molecule has 1 saturated heterocycles. The number of benzene rings is 1. The number of carboxylic acid groups (broad SMARTS) is 1. The zero-order valence-corrected chi connectivity index (χ0v) is 17.0. The number of aliphatic hydroxyl groups is 1. The van der Waals surface area contributed by atoms with Gasteiger partial charge in [-0.25, -0.2) is 9.69 Å². The van der Waals surface area contributed by atoms with E-state index in [2.05, 4.69) is 4.74 Å². The summed E-state index contributed by atoms with van der Waals surface area (Å²) in [5.74, 6) is -0.245. The summed E-state index contributed by atoms with van der Waals surface area (Å²) in [6, 6.07) is 2.21. The predicted molar refractivity (Wildman–Crippen MR) is 105 cm³/mol. The Balaban J connectivity index is 1.97. The monoisotopic (exact) mass is 422 g/mol. The van der Waals surface area contributed by atoms with E-state index in [4.69, 9.17) is 9.47 Å². The zero-order valence-electron chi connectivity index (χ0n) is 17.0. The number of ether oxygens (including phenoxy) is 3. The molecule has 0 aromatic heterocycles. The van der Waals surface area contributed by atoms with Crippen molar-refractivity contribution in [1.82, 2.24) is 4.90 Å². The molecule has 1 fully saturated rings. The second-order valence-corrected chi connectivity index (χ2v) is 7.18. The lowest BCUT2D eigenvalue weighted by atomic mass is 10.0. The fraction of sp³-hybridized carbons (Fsp3) is 0.550. The molecular formula is C20H26N2O8. The Bertz CT molecular complexity index is 827. The number of fused-ring (bicyclic) bond motifs is 2. The van der Waals surface area contributed by atoms with Gasteiger partial charge >= 0.3 is 12.1 Å². The average molecular weight is 422 g/mol. The minimum absolute atomic E-state index is 0.0400. The second kappa shape index (κ2) is 9.21. The van der Waals surface area contributed by atoms with Gasteiger partial charge in [0.15, 0.2) is 17.7 Å². The molecule has 2 N–H and O–H groups in total. The molecule has 3 rings (SSSR count). The lowest BCUT2D eigenvalue weighted by Crippen LogP contribution is -2.54. The van der Waals surface area contributed by atoms with Crippen molar-refractivity contribution in [1.29, 1.82) is 0 Å². The first-order valence-electron chi connectivity index (χ1n) is 9.82. The van der Waals surface area contributed by atoms with Crippen molar-refractivity contribution >= 4 is 23.7 Å². The molecule has 30 heavy (non-hydrogen) atoms. The number of methoxy groups -OCH3 is 2. The van der Waals surface area contributed by atoms with Gasteiger partial charge in [0.2, 0.25) is 0 Å². The number of rotatable bonds is 6. The van der Waals surface area contributed by atoms with Crippen LogP contribution in [0.3, 0.4) is 0 Å². The van der Waals surface area contributed by atoms with E-state index in [0.717, 1.165) is 17.7 Å². The Morgan fingerprint density at radius 3 is 2.63 bits per heavy atom. The summed E-state index contributed by atoms with van der Waals surface area (Å²) in [4.78, 5) is 38.8. The van der Waals surface area contributed by atoms with Crippen LogP contribution in [0.15, 0.2) is 12.1 Å². The number of aliphatic hydroxyl groups excluding tert-OH is 1. The summed E-state index contributed by atoms with van der Waals surface area (Å²) in [7, 11) is 2.72. The maximum atomic E-state index is 13.2. The quantitative estimate of drug-likeness (QED) is 0.525. The summed E-state index contributed by atoms with van der Waals surface area (Å²) in [6.07, 6.45) is -0.118. The molecule has 2 aliphatic rings. The minimum atomic E-state index is -1.39. The molecule has 0 radical (unpaired) electrons. The van der Waals surface area contributed by atoms with Gasteiger partial charge in [0.1, 0.15) is 0 Å². The van der Waals surface area contributed by atoms with Crippen LogP contribution in [0.25, 0.3) is 0 Å². The van der Waals surface area contributed by atoms with Crippen molar-refractivity contribution in [2.45, 2.75) is 44.4 Å². The van der Waals surface area contributed by atoms with Gasteiger partial charge in [-0.2, -0.15) is 0 Å². The van der Waals surface area contributed by atoms with Crippen molar-refractivity contribution in [2.24, 2.45) is 0 Å². The van der Waals surface area contributed by atoms with E-state index in [9.17, 15) is 24.6 Å². The summed E-state index contributed by atoms with van der Waals surface area (Å²) in [6.45, 7) is 0.601. The smallest absolute Gasteiger partial charge is 0.414 e. The maximum absolute atomic E-state index is 13.2. The number of carbonyl (C=O) groups is 3. The standard InChI is InChI=1S/C20H26N2O8/c1-28-15-10-12-14(11-16(15)30-9-5-7-17(23)29-2)22(20(26)27)19(25)13-6-3-4-8-21(13)18(12)24/h10-11,13,19,25H,3-9H2,1-2H3,(H,26,27)/t13-,19-/m0/s1. The van der Waals surface area contributed by atoms with Gasteiger partial charge in [0, 0.05) is 19.0 Å². The van der Waals surface area contributed by atoms with E-state index in [-0.39, 0.29) is 47.7 Å². The Hall–Kier alpha value is -3.01. The summed E-state index contributed by atoms with van der Waals surface area (Å²) < 4.78 is 15.6. The lowest BCUT2D eigenvalue weighted by Gasteiger charge is -2.38. The molecule has 2 aliphatic heterocycles. The highest BCUT2D eigenvalue weighted by molar-refractivity contribution is 6.05. The van der Waals surface area contributed by atoms with Crippen LogP contribution >= 0.6 is 0 Å². The summed E-state index contributed by atoms with van der Waals surface area (Å²) in [5, 5.41) is 20.6. The number of carbonyl (C=O) groups excluding carboxylic acids is 2. The highest BCUT2D eigenvalue weighted by atomic mass is 16.5. The summed E-state index contributed by atoms with van der Waals surface area (Å²) in [5.41, 5.74) is 0.165. The molecule has 2 amide bonds. The molecule has 2 heterocycles. The van der Waals surface area contributed by atoms with Crippen LogP contribution in [-0.4, -0.2) is 72.7 Å². The summed E-state index contributed by atoms with van der Waals surface area (Å²) >= 11 is 0. The number of anilines is 1. The third kappa shape index (κ3) is 4.13. The first kappa shape index (κ1) is 21.7. The van der Waals surface area contributed by atoms with Gasteiger partial charge in [-0.3, -0.25) is 9.59 Å². The highest BCUT2D eigenvalue weighted by Gasteiger charge is 2.43. The molecule has 1 aromatic rings. The van der Waals surface area contributed by atoms with E-state index < -0.39 is 18.4 Å². The molecule has 10 nitrogen and oxygen atoms in total. The maximum Gasteiger partial charge on any atom is 0.414 e. The molecule has 0 saturated carbocycles. The largest absolute Gasteiger partial charge is 0.493 e. The Kier molecular flexibility index (Phi) is 6.66. The second-order valence-electron chi connectivity index (χ2n) is 7.18. The van der Waals surface area contributed by atoms with Crippen molar-refractivity contribution in [3.8, 4) is 11.5 Å². The van der Waals surface area contributed by atoms with Crippen LogP contribution in [0.5, 0.6) is 11.5 Å². The molecule has 0 bridgehead atoms. The van der Waals surface area contributed by atoms with Gasteiger partial charge in [-0.15, -0.1) is 0 Å². The molecule has 1 aromatic carbocycles. The number of nitrogens with zero attached hydrogens (tertiary/aromatic N) is 2. The van der Waals surface area contributed by atoms with Crippen LogP contribution in [0, 0.1) is 0 Å². The van der Waals surface area contributed by atoms with Crippen LogP contribution in [0.4, 0.5) is 10.5 Å². The van der Waals surface area contributed by atoms with E-state index in [1.807, 2.05) is 0 Å². The molecule has 10 heteroatoms. The number of piperidine rings is 1. The van der Waals surface area contributed by atoms with Crippen LogP contribution in [-0.2, 0) is 9.53 Å². The van der Waals surface area contributed by atoms with Crippen molar-refractivity contribution in [3.05, 3.63) is 17.7 Å². The Morgan fingerprint density at radius 1 is 1.20 bits per heavy atom. The van der Waals surface area contributed by atoms with Gasteiger partial charge in [-0.05, 0) is 31.7 Å². The molecule has 2 atom stereocenters. The van der Waals surface area contributed by atoms with Crippen molar-refractivity contribution < 1.29 is 38.8 Å². The third-order valence-corrected chi connectivity index (χ3v) is 5.41. The number of hydrogen-bond donors (Lipinski definition) is 2. The fourth-order valence-electron chi connectivity index (χ4n) is 3.90. The molecule has 0 aliphatic carbocycles. The average Bonchev–Trinajstić information content (AvgIpc) is 2.83. The van der Waals surface area contributed by atoms with Gasteiger partial charge in [0.25, 0.3) is 5.91 Å². The highest BCUT2D eigenvalue weighted by Crippen LogP contribution is 2.40. The van der Waals surface area contributed by atoms with Gasteiger partial charge < -0.3 is 29.3 Å². The fourth-order valence-corrected chi connectivity index (χ4v) is 3.90. The van der Waals surface area contributed by atoms with Gasteiger partial charge in [0.05, 0.1) is 38.1 Å². The van der Waals surface area contributed by atoms with Crippen molar-refractivity contribution in [2.75, 3.05) is 32.3 Å². The predicted octanol–water partition coefficient (Wildman–Crippen LogP) is 1.84. The van der Waals surface area contributed by atoms with E-state index in [1.54, 1.807) is 0 Å². The van der Waals surface area contributed by atoms with E-state index in [1.165, 1.54) is 31.3 Å². The van der Waals surface area contributed by atoms with Crippen LogP contribution in [0.2, 0.25) is 0 Å². The van der Waals surface area contributed by atoms with E-state index in [0.29, 0.717) is 19.4 Å². The molecule has 0 spiro atoms. The zero-order chi connectivity index (χ0) is 21.8. The third-order valence-electron chi connectivity index (χ3n) is 5.41. The number of amides is 2. The van der Waals surface area contributed by atoms with Crippen LogP contribution < -0.4 is 14.4 Å². The van der Waals surface area contributed by atoms with Crippen molar-refractivity contribution in [3.63, 3.8) is 0 Å². The molecular weight excluding hydrogens is 396 g/mol. The normalized spacial score (nSPS) is 20.7. The number of esters is 1.